The van der Waals surface area contributed by atoms with E-state index in [1.807, 2.05) is 60.7 Å². The molecule has 0 radical (unpaired) electrons. The van der Waals surface area contributed by atoms with Gasteiger partial charge in [-0.05, 0) is 72.0 Å². The second-order valence-electron chi connectivity index (χ2n) is 17.2. The fraction of sp³-hybridized carbons (Fsp3) is 0.0678. The minimum absolute atomic E-state index is 0.441. The molecule has 1 atom stereocenters. The maximum atomic E-state index is 7.11. The molecule has 3 aliphatic rings. The van der Waals surface area contributed by atoms with Gasteiger partial charge in [-0.3, -0.25) is 0 Å². The first-order chi connectivity index (χ1) is 32.1. The number of para-hydroxylation sites is 4. The molecule has 0 fully saturated rings. The van der Waals surface area contributed by atoms with Crippen molar-refractivity contribution in [2.75, 3.05) is 4.90 Å². The molecule has 13 rings (SSSR count). The predicted octanol–water partition coefficient (Wildman–Crippen LogP) is 14.4. The van der Waals surface area contributed by atoms with Crippen molar-refractivity contribution in [3.05, 3.63) is 240 Å². The summed E-state index contributed by atoms with van der Waals surface area (Å²) in [4.78, 5) is 17.6. The summed E-state index contributed by atoms with van der Waals surface area (Å²) in [5.74, 6) is 3.99. The molecule has 6 heteroatoms. The van der Waals surface area contributed by atoms with E-state index in [1.165, 1.54) is 28.2 Å². The van der Waals surface area contributed by atoms with Gasteiger partial charge in [0.15, 0.2) is 17.5 Å². The second-order valence-corrected chi connectivity index (χ2v) is 17.2. The van der Waals surface area contributed by atoms with Crippen LogP contribution in [0.4, 0.5) is 11.4 Å². The molecule has 0 saturated carbocycles. The van der Waals surface area contributed by atoms with Crippen LogP contribution in [0, 0.1) is 5.92 Å². The molecule has 10 aromatic rings. The number of benzene rings is 8. The van der Waals surface area contributed by atoms with Gasteiger partial charge in [0.2, 0.25) is 0 Å². The standard InChI is InChI=1S/C59H41N5O/c1-38-18-16-24-42(34-38)64-51-31-13-9-27-46(51)59(47-28-10-14-32-52(47)64)48-29-11-15-33-54(48)65-55-37-53-45(36-49(55)59)44-26-8-12-30-50(44)63(53)43-25-17-23-41(35-43)58-61-56(39-19-4-2-5-20-39)60-57(62-58)40-21-6-3-7-22-40/h2-17,19-38H,18H2,1H3. The molecule has 1 aliphatic carbocycles. The Morgan fingerprint density at radius 3 is 1.77 bits per heavy atom. The molecule has 0 amide bonds. The first kappa shape index (κ1) is 37.2. The van der Waals surface area contributed by atoms with Crippen LogP contribution in [-0.2, 0) is 5.41 Å². The highest BCUT2D eigenvalue weighted by atomic mass is 16.5. The molecule has 2 aromatic heterocycles. The average Bonchev–Trinajstić information content (AvgIpc) is 3.69. The lowest BCUT2D eigenvalue weighted by molar-refractivity contribution is 0.434. The summed E-state index contributed by atoms with van der Waals surface area (Å²) >= 11 is 0. The van der Waals surface area contributed by atoms with Gasteiger partial charge in [-0.1, -0.05) is 165 Å². The third-order valence-electron chi connectivity index (χ3n) is 13.4. The van der Waals surface area contributed by atoms with Gasteiger partial charge in [0.25, 0.3) is 0 Å². The van der Waals surface area contributed by atoms with Crippen molar-refractivity contribution >= 4 is 33.2 Å². The van der Waals surface area contributed by atoms with Gasteiger partial charge in [0, 0.05) is 56.0 Å². The maximum Gasteiger partial charge on any atom is 0.164 e. The first-order valence-corrected chi connectivity index (χ1v) is 22.3. The quantitative estimate of drug-likeness (QED) is 0.173. The molecular weight excluding hydrogens is 795 g/mol. The number of ether oxygens (including phenoxy) is 1. The SMILES string of the molecule is CC1C=C(N2c3ccccc3C3(c4ccccc4Oc4cc5c(cc43)c3ccccc3n5-c3cccc(-c4nc(-c5ccccc5)nc(-c5ccccc5)n4)c3)c3ccccc32)C=CC1. The molecule has 4 heterocycles. The van der Waals surface area contributed by atoms with E-state index in [4.69, 9.17) is 19.7 Å². The summed E-state index contributed by atoms with van der Waals surface area (Å²) in [6.07, 6.45) is 8.05. The van der Waals surface area contributed by atoms with Crippen molar-refractivity contribution < 1.29 is 4.74 Å². The van der Waals surface area contributed by atoms with Crippen LogP contribution in [0.15, 0.2) is 218 Å². The lowest BCUT2D eigenvalue weighted by Gasteiger charge is -2.49. The number of aromatic nitrogens is 4. The topological polar surface area (TPSA) is 56.1 Å². The summed E-state index contributed by atoms with van der Waals surface area (Å²) in [6, 6.07) is 68.7. The number of fused-ring (bicyclic) bond motifs is 11. The van der Waals surface area contributed by atoms with E-state index in [0.29, 0.717) is 23.4 Å². The van der Waals surface area contributed by atoms with Crippen LogP contribution in [0.3, 0.4) is 0 Å². The molecule has 2 aliphatic heterocycles. The summed E-state index contributed by atoms with van der Waals surface area (Å²) in [6.45, 7) is 2.30. The van der Waals surface area contributed by atoms with E-state index in [0.717, 1.165) is 73.2 Å². The van der Waals surface area contributed by atoms with Crippen molar-refractivity contribution in [3.63, 3.8) is 0 Å². The highest BCUT2D eigenvalue weighted by Gasteiger charge is 2.51. The van der Waals surface area contributed by atoms with Crippen molar-refractivity contribution in [1.82, 2.24) is 19.5 Å². The fourth-order valence-electron chi connectivity index (χ4n) is 10.6. The van der Waals surface area contributed by atoms with E-state index >= 15 is 0 Å². The van der Waals surface area contributed by atoms with Crippen LogP contribution in [0.25, 0.3) is 61.7 Å². The monoisotopic (exact) mass is 835 g/mol. The van der Waals surface area contributed by atoms with Crippen LogP contribution in [0.1, 0.15) is 35.6 Å². The first-order valence-electron chi connectivity index (χ1n) is 22.3. The van der Waals surface area contributed by atoms with Gasteiger partial charge in [-0.25, -0.2) is 15.0 Å². The lowest BCUT2D eigenvalue weighted by Crippen LogP contribution is -2.40. The predicted molar refractivity (Wildman–Crippen MR) is 262 cm³/mol. The van der Waals surface area contributed by atoms with E-state index in [9.17, 15) is 0 Å². The van der Waals surface area contributed by atoms with Crippen molar-refractivity contribution in [3.8, 4) is 51.3 Å². The number of rotatable bonds is 5. The Balaban J connectivity index is 1.04. The zero-order valence-corrected chi connectivity index (χ0v) is 35.6. The zero-order valence-electron chi connectivity index (χ0n) is 35.6. The molecule has 0 bridgehead atoms. The summed E-state index contributed by atoms with van der Waals surface area (Å²) in [5.41, 5.74) is 13.5. The Labute approximate surface area is 377 Å². The normalized spacial score (nSPS) is 15.5. The summed E-state index contributed by atoms with van der Waals surface area (Å²) in [5, 5.41) is 2.31. The van der Waals surface area contributed by atoms with E-state index < -0.39 is 5.41 Å². The minimum atomic E-state index is -0.679. The van der Waals surface area contributed by atoms with Crippen LogP contribution < -0.4 is 9.64 Å². The zero-order chi connectivity index (χ0) is 43.1. The fourth-order valence-corrected chi connectivity index (χ4v) is 10.6. The highest BCUT2D eigenvalue weighted by molar-refractivity contribution is 6.10. The van der Waals surface area contributed by atoms with Gasteiger partial charge in [-0.15, -0.1) is 0 Å². The van der Waals surface area contributed by atoms with Gasteiger partial charge in [0.05, 0.1) is 27.8 Å². The highest BCUT2D eigenvalue weighted by Crippen LogP contribution is 2.63. The molecule has 8 aromatic carbocycles. The second kappa shape index (κ2) is 14.6. The molecule has 308 valence electrons. The Kier molecular flexibility index (Phi) is 8.37. The molecule has 6 nitrogen and oxygen atoms in total. The van der Waals surface area contributed by atoms with Crippen molar-refractivity contribution in [2.24, 2.45) is 5.92 Å². The molecule has 1 spiro atoms. The third kappa shape index (κ3) is 5.70. The number of allylic oxidation sites excluding steroid dienone is 3. The van der Waals surface area contributed by atoms with Gasteiger partial charge in [0.1, 0.15) is 11.5 Å². The molecule has 0 N–H and O–H groups in total. The average molecular weight is 836 g/mol. The van der Waals surface area contributed by atoms with Crippen LogP contribution in [-0.4, -0.2) is 19.5 Å². The maximum absolute atomic E-state index is 7.11. The molecule has 0 saturated heterocycles. The number of hydrogen-bond acceptors (Lipinski definition) is 5. The minimum Gasteiger partial charge on any atom is -0.457 e. The summed E-state index contributed by atoms with van der Waals surface area (Å²) in [7, 11) is 0. The molecular formula is C59H41N5O. The Morgan fingerprint density at radius 2 is 1.08 bits per heavy atom. The van der Waals surface area contributed by atoms with Crippen LogP contribution in [0.2, 0.25) is 0 Å². The largest absolute Gasteiger partial charge is 0.457 e. The third-order valence-corrected chi connectivity index (χ3v) is 13.4. The van der Waals surface area contributed by atoms with E-state index in [1.54, 1.807) is 0 Å². The van der Waals surface area contributed by atoms with E-state index in [2.05, 4.69) is 168 Å². The number of nitrogens with zero attached hydrogens (tertiary/aromatic N) is 5. The Morgan fingerprint density at radius 1 is 0.492 bits per heavy atom. The van der Waals surface area contributed by atoms with Gasteiger partial charge >= 0.3 is 0 Å². The van der Waals surface area contributed by atoms with Crippen LogP contribution in [0.5, 0.6) is 11.5 Å². The van der Waals surface area contributed by atoms with Crippen LogP contribution >= 0.6 is 0 Å². The number of anilines is 2. The van der Waals surface area contributed by atoms with Crippen molar-refractivity contribution in [1.29, 1.82) is 0 Å². The van der Waals surface area contributed by atoms with Gasteiger partial charge < -0.3 is 14.2 Å². The van der Waals surface area contributed by atoms with Crippen molar-refractivity contribution in [2.45, 2.75) is 18.8 Å². The molecule has 1 unspecified atom stereocenters. The van der Waals surface area contributed by atoms with Gasteiger partial charge in [-0.2, -0.15) is 0 Å². The lowest BCUT2D eigenvalue weighted by atomic mass is 9.61. The van der Waals surface area contributed by atoms with E-state index in [-0.39, 0.29) is 0 Å². The Hall–Kier alpha value is -8.35. The Bertz CT molecular complexity index is 3480. The molecule has 65 heavy (non-hydrogen) atoms. The smallest absolute Gasteiger partial charge is 0.164 e. The summed E-state index contributed by atoms with van der Waals surface area (Å²) < 4.78 is 9.47. The number of hydrogen-bond donors (Lipinski definition) is 0.